The van der Waals surface area contributed by atoms with E-state index in [1.54, 1.807) is 0 Å². The topological polar surface area (TPSA) is 107 Å². The summed E-state index contributed by atoms with van der Waals surface area (Å²) in [6, 6.07) is 15.6. The molecule has 6 nitrogen and oxygen atoms in total. The summed E-state index contributed by atoms with van der Waals surface area (Å²) in [5.41, 5.74) is 15.1. The third-order valence-corrected chi connectivity index (χ3v) is 2.42. The average Bonchev–Trinajstić information content (AvgIpc) is 3.00. The Morgan fingerprint density at radius 2 is 1.21 bits per heavy atom. The SMILES string of the molecule is Nc1ccc(-c2ccc(N)cc2)cc1.c1nn[nH]n1. The van der Waals surface area contributed by atoms with Crippen molar-refractivity contribution in [3.8, 4) is 11.1 Å². The van der Waals surface area contributed by atoms with Crippen molar-refractivity contribution in [3.63, 3.8) is 0 Å². The number of aromatic nitrogens is 4. The van der Waals surface area contributed by atoms with Crippen molar-refractivity contribution in [1.82, 2.24) is 20.6 Å². The molecular formula is C13H14N6. The van der Waals surface area contributed by atoms with Crippen LogP contribution < -0.4 is 11.5 Å². The van der Waals surface area contributed by atoms with Crippen LogP contribution in [0.4, 0.5) is 11.4 Å². The van der Waals surface area contributed by atoms with Crippen molar-refractivity contribution in [3.05, 3.63) is 54.9 Å². The molecule has 0 radical (unpaired) electrons. The van der Waals surface area contributed by atoms with E-state index in [-0.39, 0.29) is 0 Å². The maximum absolute atomic E-state index is 5.61. The Morgan fingerprint density at radius 1 is 0.737 bits per heavy atom. The first-order valence-corrected chi connectivity index (χ1v) is 5.63. The minimum Gasteiger partial charge on any atom is -0.399 e. The van der Waals surface area contributed by atoms with E-state index >= 15 is 0 Å². The second-order valence-electron chi connectivity index (χ2n) is 3.80. The number of nitrogens with two attached hydrogens (primary N) is 2. The van der Waals surface area contributed by atoms with Gasteiger partial charge >= 0.3 is 0 Å². The fourth-order valence-corrected chi connectivity index (χ4v) is 1.48. The van der Waals surface area contributed by atoms with Crippen molar-refractivity contribution in [2.75, 3.05) is 11.5 Å². The molecule has 0 bridgehead atoms. The van der Waals surface area contributed by atoms with Crippen molar-refractivity contribution in [2.45, 2.75) is 0 Å². The molecule has 5 N–H and O–H groups in total. The lowest BCUT2D eigenvalue weighted by molar-refractivity contribution is 0.881. The van der Waals surface area contributed by atoms with Crippen molar-refractivity contribution >= 4 is 11.4 Å². The quantitative estimate of drug-likeness (QED) is 0.573. The van der Waals surface area contributed by atoms with Gasteiger partial charge in [-0.2, -0.15) is 5.21 Å². The second kappa shape index (κ2) is 6.15. The summed E-state index contributed by atoms with van der Waals surface area (Å²) in [5.74, 6) is 0. The van der Waals surface area contributed by atoms with Gasteiger partial charge in [0.1, 0.15) is 0 Å². The van der Waals surface area contributed by atoms with Gasteiger partial charge in [0.15, 0.2) is 6.33 Å². The molecule has 0 saturated carbocycles. The third-order valence-electron chi connectivity index (χ3n) is 2.42. The van der Waals surface area contributed by atoms with Crippen molar-refractivity contribution in [1.29, 1.82) is 0 Å². The molecule has 2 aromatic carbocycles. The van der Waals surface area contributed by atoms with E-state index < -0.39 is 0 Å². The number of hydrogen-bond acceptors (Lipinski definition) is 5. The van der Waals surface area contributed by atoms with Crippen LogP contribution in [0.25, 0.3) is 11.1 Å². The first-order chi connectivity index (χ1) is 9.25. The molecule has 0 spiro atoms. The molecular weight excluding hydrogens is 240 g/mol. The van der Waals surface area contributed by atoms with Gasteiger partial charge in [0.2, 0.25) is 0 Å². The Hall–Kier alpha value is -2.89. The molecule has 0 amide bonds. The summed E-state index contributed by atoms with van der Waals surface area (Å²) in [4.78, 5) is 0. The lowest BCUT2D eigenvalue weighted by atomic mass is 10.1. The Labute approximate surface area is 110 Å². The van der Waals surface area contributed by atoms with Gasteiger partial charge in [-0.05, 0) is 35.4 Å². The predicted molar refractivity (Wildman–Crippen MR) is 74.9 cm³/mol. The van der Waals surface area contributed by atoms with E-state index in [9.17, 15) is 0 Å². The number of nitrogens with one attached hydrogen (secondary N) is 1. The van der Waals surface area contributed by atoms with Crippen LogP contribution in [0.1, 0.15) is 0 Å². The van der Waals surface area contributed by atoms with Crippen molar-refractivity contribution in [2.24, 2.45) is 0 Å². The van der Waals surface area contributed by atoms with Gasteiger partial charge in [-0.15, -0.1) is 10.2 Å². The van der Waals surface area contributed by atoms with Crippen LogP contribution in [0.3, 0.4) is 0 Å². The number of hydrogen-bond donors (Lipinski definition) is 3. The van der Waals surface area contributed by atoms with Crippen LogP contribution >= 0.6 is 0 Å². The highest BCUT2D eigenvalue weighted by Gasteiger charge is 1.95. The number of tetrazole rings is 1. The smallest absolute Gasteiger partial charge is 0.161 e. The van der Waals surface area contributed by atoms with E-state index in [1.807, 2.05) is 48.5 Å². The number of nitrogens with zero attached hydrogens (tertiary/aromatic N) is 3. The zero-order chi connectivity index (χ0) is 13.5. The second-order valence-corrected chi connectivity index (χ2v) is 3.80. The van der Waals surface area contributed by atoms with Gasteiger partial charge in [-0.25, -0.2) is 0 Å². The summed E-state index contributed by atoms with van der Waals surface area (Å²) in [7, 11) is 0. The Bertz CT molecular complexity index is 525. The van der Waals surface area contributed by atoms with E-state index in [4.69, 9.17) is 11.5 Å². The molecule has 0 fully saturated rings. The molecule has 0 unspecified atom stereocenters. The van der Waals surface area contributed by atoms with Crippen molar-refractivity contribution < 1.29 is 0 Å². The number of H-pyrrole nitrogens is 1. The number of rotatable bonds is 1. The fraction of sp³-hybridized carbons (Fsp3) is 0. The predicted octanol–water partition coefficient (Wildman–Crippen LogP) is 1.72. The molecule has 6 heteroatoms. The van der Waals surface area contributed by atoms with Crippen LogP contribution in [-0.2, 0) is 0 Å². The third kappa shape index (κ3) is 3.81. The zero-order valence-corrected chi connectivity index (χ0v) is 10.2. The van der Waals surface area contributed by atoms with Crippen LogP contribution in [0, 0.1) is 0 Å². The Morgan fingerprint density at radius 3 is 1.47 bits per heavy atom. The van der Waals surface area contributed by atoms with E-state index in [0.717, 1.165) is 22.5 Å². The first kappa shape index (κ1) is 12.6. The lowest BCUT2D eigenvalue weighted by Gasteiger charge is -2.02. The number of aromatic amines is 1. The van der Waals surface area contributed by atoms with Crippen LogP contribution in [0.2, 0.25) is 0 Å². The molecule has 3 rings (SSSR count). The van der Waals surface area contributed by atoms with Crippen LogP contribution in [-0.4, -0.2) is 20.6 Å². The van der Waals surface area contributed by atoms with Gasteiger partial charge in [0, 0.05) is 11.4 Å². The molecule has 0 aliphatic rings. The van der Waals surface area contributed by atoms with E-state index in [1.165, 1.54) is 6.33 Å². The molecule has 1 heterocycles. The maximum Gasteiger partial charge on any atom is 0.161 e. The van der Waals surface area contributed by atoms with Gasteiger partial charge in [-0.1, -0.05) is 29.5 Å². The highest BCUT2D eigenvalue weighted by molar-refractivity contribution is 5.67. The van der Waals surface area contributed by atoms with E-state index in [0.29, 0.717) is 0 Å². The highest BCUT2D eigenvalue weighted by atomic mass is 15.5. The number of benzene rings is 2. The van der Waals surface area contributed by atoms with Gasteiger partial charge < -0.3 is 11.5 Å². The highest BCUT2D eigenvalue weighted by Crippen LogP contribution is 2.21. The zero-order valence-electron chi connectivity index (χ0n) is 10.2. The molecule has 0 saturated heterocycles. The average molecular weight is 254 g/mol. The Kier molecular flexibility index (Phi) is 4.07. The Balaban J connectivity index is 0.000000224. The minimum absolute atomic E-state index is 0.782. The molecule has 96 valence electrons. The number of nitrogen functional groups attached to an aromatic ring is 2. The van der Waals surface area contributed by atoms with Gasteiger partial charge in [0.25, 0.3) is 0 Å². The lowest BCUT2D eigenvalue weighted by Crippen LogP contribution is -1.85. The first-order valence-electron chi connectivity index (χ1n) is 5.63. The maximum atomic E-state index is 5.61. The summed E-state index contributed by atoms with van der Waals surface area (Å²) in [5, 5.41) is 12.2. The van der Waals surface area contributed by atoms with Crippen LogP contribution in [0.5, 0.6) is 0 Å². The normalized spacial score (nSPS) is 9.47. The molecule has 1 aromatic heterocycles. The fourth-order valence-electron chi connectivity index (χ4n) is 1.48. The monoisotopic (exact) mass is 254 g/mol. The minimum atomic E-state index is 0.782. The van der Waals surface area contributed by atoms with E-state index in [2.05, 4.69) is 20.6 Å². The van der Waals surface area contributed by atoms with Gasteiger partial charge in [-0.3, -0.25) is 0 Å². The molecule has 0 aliphatic heterocycles. The summed E-state index contributed by atoms with van der Waals surface area (Å²) in [6.07, 6.45) is 1.33. The standard InChI is InChI=1S/C12H12N2.CH2N4/c13-11-5-1-9(2-6-11)10-3-7-12(14)8-4-10;1-2-4-5-3-1/h1-8H,13-14H2;1H,(H,2,3,4,5). The summed E-state index contributed by atoms with van der Waals surface area (Å²) in [6.45, 7) is 0. The van der Waals surface area contributed by atoms with Crippen LogP contribution in [0.15, 0.2) is 54.9 Å². The summed E-state index contributed by atoms with van der Waals surface area (Å²) >= 11 is 0. The molecule has 19 heavy (non-hydrogen) atoms. The molecule has 0 aliphatic carbocycles. The molecule has 0 atom stereocenters. The largest absolute Gasteiger partial charge is 0.399 e. The number of anilines is 2. The molecule has 3 aromatic rings. The van der Waals surface area contributed by atoms with Gasteiger partial charge in [0.05, 0.1) is 0 Å². The summed E-state index contributed by atoms with van der Waals surface area (Å²) < 4.78 is 0.